The molecular formula is C15H20O5. The van der Waals surface area contributed by atoms with Crippen LogP contribution in [0, 0.1) is 5.92 Å². The van der Waals surface area contributed by atoms with Gasteiger partial charge >= 0.3 is 12.1 Å². The second kappa shape index (κ2) is 7.53. The number of hydrogen-bond acceptors (Lipinski definition) is 4. The van der Waals surface area contributed by atoms with E-state index in [1.54, 1.807) is 19.1 Å². The molecule has 0 bridgehead atoms. The van der Waals surface area contributed by atoms with Crippen molar-refractivity contribution in [1.82, 2.24) is 0 Å². The van der Waals surface area contributed by atoms with Crippen molar-refractivity contribution >= 4 is 12.1 Å². The first-order valence-corrected chi connectivity index (χ1v) is 6.69. The van der Waals surface area contributed by atoms with Gasteiger partial charge in [0, 0.05) is 5.56 Å². The topological polar surface area (TPSA) is 72.8 Å². The molecule has 110 valence electrons. The fourth-order valence-corrected chi connectivity index (χ4v) is 1.80. The van der Waals surface area contributed by atoms with E-state index in [4.69, 9.17) is 9.47 Å². The van der Waals surface area contributed by atoms with Crippen LogP contribution in [0.2, 0.25) is 0 Å². The van der Waals surface area contributed by atoms with Gasteiger partial charge in [-0.05, 0) is 31.4 Å². The highest BCUT2D eigenvalue weighted by atomic mass is 16.7. The minimum Gasteiger partial charge on any atom is -0.478 e. The fraction of sp³-hybridized carbons (Fsp3) is 0.467. The van der Waals surface area contributed by atoms with Crippen LogP contribution < -0.4 is 4.74 Å². The quantitative estimate of drug-likeness (QED) is 0.637. The third-order valence-electron chi connectivity index (χ3n) is 3.07. The predicted octanol–water partition coefficient (Wildman–Crippen LogP) is 3.51. The van der Waals surface area contributed by atoms with Crippen LogP contribution in [-0.2, 0) is 11.2 Å². The number of aromatic carboxylic acids is 1. The predicted molar refractivity (Wildman–Crippen MR) is 74.2 cm³/mol. The number of carboxylic acids is 1. The van der Waals surface area contributed by atoms with Crippen molar-refractivity contribution in [3.63, 3.8) is 0 Å². The minimum atomic E-state index is -1.03. The number of rotatable bonds is 6. The minimum absolute atomic E-state index is 0.159. The second-order valence-corrected chi connectivity index (χ2v) is 4.59. The number of ether oxygens (including phenoxy) is 2. The van der Waals surface area contributed by atoms with E-state index < -0.39 is 12.1 Å². The Morgan fingerprint density at radius 1 is 1.30 bits per heavy atom. The monoisotopic (exact) mass is 280 g/mol. The summed E-state index contributed by atoms with van der Waals surface area (Å²) >= 11 is 0. The number of hydrogen-bond donors (Lipinski definition) is 1. The number of carbonyl (C=O) groups excluding carboxylic acids is 1. The summed E-state index contributed by atoms with van der Waals surface area (Å²) in [5.74, 6) is -0.485. The van der Waals surface area contributed by atoms with Crippen LogP contribution in [0.25, 0.3) is 0 Å². The first kappa shape index (κ1) is 16.0. The zero-order chi connectivity index (χ0) is 15.1. The van der Waals surface area contributed by atoms with E-state index in [0.717, 1.165) is 6.42 Å². The van der Waals surface area contributed by atoms with Crippen molar-refractivity contribution in [2.75, 3.05) is 6.61 Å². The third kappa shape index (κ3) is 4.26. The maximum Gasteiger partial charge on any atom is 0.513 e. The van der Waals surface area contributed by atoms with Crippen molar-refractivity contribution < 1.29 is 24.2 Å². The Kier molecular flexibility index (Phi) is 6.03. The van der Waals surface area contributed by atoms with Crippen molar-refractivity contribution in [1.29, 1.82) is 0 Å². The van der Waals surface area contributed by atoms with Crippen molar-refractivity contribution in [3.8, 4) is 5.75 Å². The van der Waals surface area contributed by atoms with E-state index in [9.17, 15) is 14.7 Å². The molecule has 0 aromatic heterocycles. The molecule has 1 rings (SSSR count). The van der Waals surface area contributed by atoms with Crippen LogP contribution in [0.1, 0.15) is 43.1 Å². The van der Waals surface area contributed by atoms with E-state index >= 15 is 0 Å². The molecule has 0 fully saturated rings. The summed E-state index contributed by atoms with van der Waals surface area (Å²) < 4.78 is 9.82. The Bertz CT molecular complexity index is 481. The summed E-state index contributed by atoms with van der Waals surface area (Å²) in [5, 5.41) is 9.24. The molecule has 1 atom stereocenters. The van der Waals surface area contributed by atoms with Gasteiger partial charge in [-0.2, -0.15) is 0 Å². The fourth-order valence-electron chi connectivity index (χ4n) is 1.80. The van der Waals surface area contributed by atoms with Gasteiger partial charge < -0.3 is 14.6 Å². The lowest BCUT2D eigenvalue weighted by Crippen LogP contribution is -2.14. The average molecular weight is 280 g/mol. The van der Waals surface area contributed by atoms with Crippen LogP contribution in [0.4, 0.5) is 4.79 Å². The molecule has 0 saturated heterocycles. The summed E-state index contributed by atoms with van der Waals surface area (Å²) in [4.78, 5) is 22.7. The molecule has 0 radical (unpaired) electrons. The molecule has 1 aromatic rings. The van der Waals surface area contributed by atoms with Gasteiger partial charge in [0.25, 0.3) is 0 Å². The Balaban J connectivity index is 3.11. The molecule has 0 heterocycles. The molecule has 0 spiro atoms. The Labute approximate surface area is 118 Å². The molecule has 20 heavy (non-hydrogen) atoms. The van der Waals surface area contributed by atoms with Crippen molar-refractivity contribution in [2.24, 2.45) is 5.92 Å². The largest absolute Gasteiger partial charge is 0.513 e. The SMILES string of the molecule is CCOC(=O)Oc1cccc(C(=O)O)c1CC(C)CC. The smallest absolute Gasteiger partial charge is 0.478 e. The number of benzene rings is 1. The summed E-state index contributed by atoms with van der Waals surface area (Å²) in [6.07, 6.45) is 0.626. The van der Waals surface area contributed by atoms with Gasteiger partial charge in [0.1, 0.15) is 5.75 Å². The highest BCUT2D eigenvalue weighted by molar-refractivity contribution is 5.90. The van der Waals surface area contributed by atoms with Gasteiger partial charge in [-0.25, -0.2) is 9.59 Å². The van der Waals surface area contributed by atoms with Gasteiger partial charge in [0.05, 0.1) is 12.2 Å². The normalized spacial score (nSPS) is 11.8. The molecule has 0 saturated carbocycles. The van der Waals surface area contributed by atoms with Gasteiger partial charge in [0.15, 0.2) is 0 Å². The first-order chi connectivity index (χ1) is 9.49. The lowest BCUT2D eigenvalue weighted by molar-refractivity contribution is 0.0693. The Morgan fingerprint density at radius 2 is 2.00 bits per heavy atom. The third-order valence-corrected chi connectivity index (χ3v) is 3.07. The molecule has 0 amide bonds. The van der Waals surface area contributed by atoms with E-state index in [1.807, 2.05) is 13.8 Å². The molecule has 0 aliphatic carbocycles. The standard InChI is InChI=1S/C15H20O5/c1-4-10(3)9-12-11(14(16)17)7-6-8-13(12)20-15(18)19-5-2/h6-8,10H,4-5,9H2,1-3H3,(H,16,17). The zero-order valence-electron chi connectivity index (χ0n) is 12.0. The second-order valence-electron chi connectivity index (χ2n) is 4.59. The highest BCUT2D eigenvalue weighted by Crippen LogP contribution is 2.27. The maximum absolute atomic E-state index is 11.4. The Morgan fingerprint density at radius 3 is 2.55 bits per heavy atom. The van der Waals surface area contributed by atoms with Gasteiger partial charge in [-0.1, -0.05) is 26.3 Å². The van der Waals surface area contributed by atoms with E-state index in [-0.39, 0.29) is 17.9 Å². The van der Waals surface area contributed by atoms with Crippen LogP contribution in [-0.4, -0.2) is 23.8 Å². The first-order valence-electron chi connectivity index (χ1n) is 6.69. The summed E-state index contributed by atoms with van der Waals surface area (Å²) in [6, 6.07) is 4.65. The van der Waals surface area contributed by atoms with E-state index in [0.29, 0.717) is 17.9 Å². The number of carboxylic acid groups (broad SMARTS) is 1. The van der Waals surface area contributed by atoms with Gasteiger partial charge in [-0.3, -0.25) is 0 Å². The molecule has 5 heteroatoms. The number of carbonyl (C=O) groups is 2. The van der Waals surface area contributed by atoms with E-state index in [2.05, 4.69) is 0 Å². The van der Waals surface area contributed by atoms with E-state index in [1.165, 1.54) is 6.07 Å². The van der Waals surface area contributed by atoms with Gasteiger partial charge in [-0.15, -0.1) is 0 Å². The summed E-state index contributed by atoms with van der Waals surface area (Å²) in [7, 11) is 0. The zero-order valence-corrected chi connectivity index (χ0v) is 12.0. The van der Waals surface area contributed by atoms with Crippen LogP contribution in [0.15, 0.2) is 18.2 Å². The molecular weight excluding hydrogens is 260 g/mol. The average Bonchev–Trinajstić information content (AvgIpc) is 2.40. The maximum atomic E-state index is 11.4. The molecule has 1 aromatic carbocycles. The lowest BCUT2D eigenvalue weighted by atomic mass is 9.94. The van der Waals surface area contributed by atoms with Crippen LogP contribution in [0.3, 0.4) is 0 Å². The highest BCUT2D eigenvalue weighted by Gasteiger charge is 2.19. The molecule has 1 unspecified atom stereocenters. The lowest BCUT2D eigenvalue weighted by Gasteiger charge is -2.15. The summed E-state index contributed by atoms with van der Waals surface area (Å²) in [6.45, 7) is 5.93. The molecule has 0 aliphatic heterocycles. The molecule has 0 aliphatic rings. The molecule has 5 nitrogen and oxygen atoms in total. The van der Waals surface area contributed by atoms with Crippen LogP contribution in [0.5, 0.6) is 5.75 Å². The van der Waals surface area contributed by atoms with Crippen LogP contribution >= 0.6 is 0 Å². The van der Waals surface area contributed by atoms with Gasteiger partial charge in [0.2, 0.25) is 0 Å². The van der Waals surface area contributed by atoms with Crippen molar-refractivity contribution in [3.05, 3.63) is 29.3 Å². The van der Waals surface area contributed by atoms with Crippen molar-refractivity contribution in [2.45, 2.75) is 33.6 Å². The Hall–Kier alpha value is -2.04. The molecule has 1 N–H and O–H groups in total. The summed E-state index contributed by atoms with van der Waals surface area (Å²) in [5.41, 5.74) is 0.689.